The average molecular weight is 638 g/mol. The summed E-state index contributed by atoms with van der Waals surface area (Å²) in [7, 11) is 0. The molecule has 234 valence electrons. The van der Waals surface area contributed by atoms with Gasteiger partial charge in [0.15, 0.2) is 5.82 Å². The van der Waals surface area contributed by atoms with Crippen LogP contribution in [-0.4, -0.2) is 15.0 Å². The fourth-order valence-corrected chi connectivity index (χ4v) is 6.79. The van der Waals surface area contributed by atoms with Gasteiger partial charge >= 0.3 is 0 Å². The van der Waals surface area contributed by atoms with Crippen LogP contribution >= 0.6 is 0 Å². The third-order valence-electron chi connectivity index (χ3n) is 9.39. The van der Waals surface area contributed by atoms with Crippen molar-refractivity contribution in [1.82, 2.24) is 15.0 Å². The van der Waals surface area contributed by atoms with Gasteiger partial charge in [0.05, 0.1) is 17.1 Å². The highest BCUT2D eigenvalue weighted by atomic mass is 14.9. The maximum absolute atomic E-state index is 5.15. The van der Waals surface area contributed by atoms with E-state index in [1.165, 1.54) is 38.2 Å². The number of aromatic nitrogens is 3. The Bertz CT molecular complexity index is 2460. The maximum Gasteiger partial charge on any atom is 0.160 e. The predicted molar refractivity (Wildman–Crippen MR) is 207 cm³/mol. The maximum atomic E-state index is 5.15. The highest BCUT2D eigenvalue weighted by Gasteiger charge is 2.13. The molecule has 0 spiro atoms. The first kappa shape index (κ1) is 29.4. The van der Waals surface area contributed by atoms with E-state index in [-0.39, 0.29) is 0 Å². The van der Waals surface area contributed by atoms with Crippen molar-refractivity contribution in [2.45, 2.75) is 0 Å². The molecule has 7 aromatic carbocycles. The predicted octanol–water partition coefficient (Wildman–Crippen LogP) is 12.2. The SMILES string of the molecule is c1ccc(-c2ccc(-c3cc(-c4ccc(-c5cccc6ccccc56)cc4)nc(-c4ccc(-c5cccc6ccccc56)cc4)n3)cc2)nc1. The van der Waals surface area contributed by atoms with E-state index in [2.05, 4.69) is 169 Å². The molecular formula is C47H31N3. The van der Waals surface area contributed by atoms with Gasteiger partial charge in [0, 0.05) is 28.5 Å². The van der Waals surface area contributed by atoms with Crippen LogP contribution in [0.4, 0.5) is 0 Å². The van der Waals surface area contributed by atoms with Crippen molar-refractivity contribution >= 4 is 21.5 Å². The Balaban J connectivity index is 1.12. The van der Waals surface area contributed by atoms with E-state index < -0.39 is 0 Å². The summed E-state index contributed by atoms with van der Waals surface area (Å²) in [6.45, 7) is 0. The molecule has 0 unspecified atom stereocenters. The molecule has 3 nitrogen and oxygen atoms in total. The fraction of sp³-hybridized carbons (Fsp3) is 0. The molecule has 0 N–H and O–H groups in total. The zero-order valence-corrected chi connectivity index (χ0v) is 27.2. The highest BCUT2D eigenvalue weighted by molar-refractivity contribution is 5.98. The molecule has 2 heterocycles. The minimum absolute atomic E-state index is 0.689. The van der Waals surface area contributed by atoms with Gasteiger partial charge in [-0.3, -0.25) is 4.98 Å². The first-order chi connectivity index (χ1) is 24.8. The Kier molecular flexibility index (Phi) is 7.49. The van der Waals surface area contributed by atoms with Crippen LogP contribution in [0.2, 0.25) is 0 Å². The zero-order chi connectivity index (χ0) is 33.3. The first-order valence-electron chi connectivity index (χ1n) is 16.8. The second-order valence-electron chi connectivity index (χ2n) is 12.5. The van der Waals surface area contributed by atoms with E-state index in [1.807, 2.05) is 24.4 Å². The lowest BCUT2D eigenvalue weighted by molar-refractivity contribution is 1.18. The number of benzene rings is 7. The second-order valence-corrected chi connectivity index (χ2v) is 12.5. The number of fused-ring (bicyclic) bond motifs is 2. The van der Waals surface area contributed by atoms with Crippen molar-refractivity contribution in [3.63, 3.8) is 0 Å². The Hall–Kier alpha value is -6.71. The third-order valence-corrected chi connectivity index (χ3v) is 9.39. The van der Waals surface area contributed by atoms with Gasteiger partial charge in [-0.2, -0.15) is 0 Å². The molecule has 0 bridgehead atoms. The summed E-state index contributed by atoms with van der Waals surface area (Å²) in [6, 6.07) is 63.8. The molecule has 0 amide bonds. The molecule has 9 rings (SSSR count). The van der Waals surface area contributed by atoms with Crippen molar-refractivity contribution in [2.75, 3.05) is 0 Å². The lowest BCUT2D eigenvalue weighted by Gasteiger charge is -2.12. The normalized spacial score (nSPS) is 11.2. The molecule has 0 saturated carbocycles. The van der Waals surface area contributed by atoms with Gasteiger partial charge in [-0.25, -0.2) is 9.97 Å². The van der Waals surface area contributed by atoms with Gasteiger partial charge in [0.25, 0.3) is 0 Å². The topological polar surface area (TPSA) is 38.7 Å². The Morgan fingerprint density at radius 1 is 0.300 bits per heavy atom. The molecule has 0 aliphatic heterocycles. The summed E-state index contributed by atoms with van der Waals surface area (Å²) >= 11 is 0. The lowest BCUT2D eigenvalue weighted by atomic mass is 9.96. The number of hydrogen-bond acceptors (Lipinski definition) is 3. The standard InChI is InChI=1S/C47H31N3/c1-3-13-40-32(9-1)11-7-15-42(40)34-18-22-37(23-19-34)45-31-46(38-26-24-36(25-27-38)44-17-5-6-30-48-44)50-47(49-45)39-28-20-35(21-29-39)43-16-8-12-33-10-2-4-14-41(33)43/h1-31H. The van der Waals surface area contributed by atoms with Gasteiger partial charge in [-0.05, 0) is 62.0 Å². The van der Waals surface area contributed by atoms with Gasteiger partial charge in [-0.1, -0.05) is 164 Å². The van der Waals surface area contributed by atoms with E-state index in [0.29, 0.717) is 5.82 Å². The summed E-state index contributed by atoms with van der Waals surface area (Å²) in [4.78, 5) is 14.8. The van der Waals surface area contributed by atoms with Crippen LogP contribution in [0.1, 0.15) is 0 Å². The molecule has 2 aromatic heterocycles. The Morgan fingerprint density at radius 3 is 1.22 bits per heavy atom. The molecule has 9 aromatic rings. The van der Waals surface area contributed by atoms with Crippen molar-refractivity contribution in [3.8, 4) is 67.4 Å². The van der Waals surface area contributed by atoms with Crippen LogP contribution in [0.5, 0.6) is 0 Å². The smallest absolute Gasteiger partial charge is 0.160 e. The molecular weight excluding hydrogens is 607 g/mol. The van der Waals surface area contributed by atoms with E-state index in [0.717, 1.165) is 44.9 Å². The molecule has 3 heteroatoms. The minimum Gasteiger partial charge on any atom is -0.256 e. The number of hydrogen-bond donors (Lipinski definition) is 0. The van der Waals surface area contributed by atoms with Gasteiger partial charge in [0.2, 0.25) is 0 Å². The Labute approximate surface area is 291 Å². The van der Waals surface area contributed by atoms with Gasteiger partial charge in [-0.15, -0.1) is 0 Å². The molecule has 0 radical (unpaired) electrons. The summed E-state index contributed by atoms with van der Waals surface area (Å²) in [5.74, 6) is 0.689. The summed E-state index contributed by atoms with van der Waals surface area (Å²) in [6.07, 6.45) is 1.82. The van der Waals surface area contributed by atoms with E-state index >= 15 is 0 Å². The van der Waals surface area contributed by atoms with Crippen molar-refractivity contribution < 1.29 is 0 Å². The molecule has 0 fully saturated rings. The van der Waals surface area contributed by atoms with Crippen LogP contribution in [0.3, 0.4) is 0 Å². The largest absolute Gasteiger partial charge is 0.256 e. The Morgan fingerprint density at radius 2 is 0.720 bits per heavy atom. The fourth-order valence-electron chi connectivity index (χ4n) is 6.79. The third kappa shape index (κ3) is 5.61. The van der Waals surface area contributed by atoms with Gasteiger partial charge < -0.3 is 0 Å². The van der Waals surface area contributed by atoms with Crippen molar-refractivity contribution in [3.05, 3.63) is 188 Å². The molecule has 0 aliphatic rings. The molecule has 0 saturated heterocycles. The molecule has 0 atom stereocenters. The quantitative estimate of drug-likeness (QED) is 0.182. The van der Waals surface area contributed by atoms with Gasteiger partial charge in [0.1, 0.15) is 0 Å². The summed E-state index contributed by atoms with van der Waals surface area (Å²) in [5.41, 5.74) is 11.6. The molecule has 0 aliphatic carbocycles. The zero-order valence-electron chi connectivity index (χ0n) is 27.2. The van der Waals surface area contributed by atoms with Crippen LogP contribution in [0, 0.1) is 0 Å². The number of nitrogens with zero attached hydrogens (tertiary/aromatic N) is 3. The van der Waals surface area contributed by atoms with E-state index in [1.54, 1.807) is 0 Å². The second kappa shape index (κ2) is 12.7. The lowest BCUT2D eigenvalue weighted by Crippen LogP contribution is -1.96. The first-order valence-corrected chi connectivity index (χ1v) is 16.8. The van der Waals surface area contributed by atoms with Crippen LogP contribution in [0.15, 0.2) is 188 Å². The van der Waals surface area contributed by atoms with Crippen LogP contribution < -0.4 is 0 Å². The van der Waals surface area contributed by atoms with Crippen LogP contribution in [0.25, 0.3) is 89.0 Å². The summed E-state index contributed by atoms with van der Waals surface area (Å²) < 4.78 is 0. The summed E-state index contributed by atoms with van der Waals surface area (Å²) in [5, 5.41) is 4.95. The van der Waals surface area contributed by atoms with E-state index in [4.69, 9.17) is 9.97 Å². The minimum atomic E-state index is 0.689. The van der Waals surface area contributed by atoms with Crippen molar-refractivity contribution in [2.24, 2.45) is 0 Å². The number of pyridine rings is 1. The molecule has 50 heavy (non-hydrogen) atoms. The number of rotatable bonds is 6. The van der Waals surface area contributed by atoms with E-state index in [9.17, 15) is 0 Å². The van der Waals surface area contributed by atoms with Crippen molar-refractivity contribution in [1.29, 1.82) is 0 Å². The highest BCUT2D eigenvalue weighted by Crippen LogP contribution is 2.34. The monoisotopic (exact) mass is 637 g/mol. The van der Waals surface area contributed by atoms with Crippen LogP contribution in [-0.2, 0) is 0 Å². The average Bonchev–Trinajstić information content (AvgIpc) is 3.21.